The molecule has 1 rings (SSSR count). The summed E-state index contributed by atoms with van der Waals surface area (Å²) in [4.78, 5) is 13.2. The number of nitrogens with one attached hydrogen (secondary N) is 1. The molecule has 0 heterocycles. The molecule has 0 spiro atoms. The van der Waals surface area contributed by atoms with Gasteiger partial charge in [-0.1, -0.05) is 0 Å². The molecule has 0 aromatic heterocycles. The zero-order chi connectivity index (χ0) is 12.0. The van der Waals surface area contributed by atoms with E-state index in [1.807, 2.05) is 22.6 Å². The lowest BCUT2D eigenvalue weighted by molar-refractivity contribution is -0.109. The number of hydrogen-bond acceptors (Lipinski definition) is 3. The lowest BCUT2D eigenvalue weighted by Gasteiger charge is -2.31. The van der Waals surface area contributed by atoms with E-state index in [0.29, 0.717) is 6.42 Å². The number of carbonyl (C=O) groups is 1. The molecule has 1 fully saturated rings. The topological polar surface area (TPSA) is 32.3 Å². The third kappa shape index (κ3) is 5.59. The summed E-state index contributed by atoms with van der Waals surface area (Å²) in [6.07, 6.45) is 5.95. The van der Waals surface area contributed by atoms with Crippen molar-refractivity contribution in [2.24, 2.45) is 5.92 Å². The fraction of sp³-hybridized carbons (Fsp3) is 0.917. The highest BCUT2D eigenvalue weighted by Crippen LogP contribution is 2.24. The molecular formula is C12H23IN2O. The molecular weight excluding hydrogens is 315 g/mol. The molecule has 0 unspecified atom stereocenters. The largest absolute Gasteiger partial charge is 0.317 e. The molecule has 0 aromatic rings. The molecule has 0 amide bonds. The Morgan fingerprint density at radius 2 is 2.00 bits per heavy atom. The van der Waals surface area contributed by atoms with Crippen molar-refractivity contribution in [3.05, 3.63) is 0 Å². The first-order valence-electron chi connectivity index (χ1n) is 6.16. The summed E-state index contributed by atoms with van der Waals surface area (Å²) < 4.78 is 0.267. The van der Waals surface area contributed by atoms with E-state index < -0.39 is 0 Å². The molecule has 0 aliphatic heterocycles. The van der Waals surface area contributed by atoms with Crippen LogP contribution in [0.3, 0.4) is 0 Å². The first-order valence-corrected chi connectivity index (χ1v) is 7.23. The third-order valence-electron chi connectivity index (χ3n) is 3.51. The Labute approximate surface area is 112 Å². The van der Waals surface area contributed by atoms with E-state index in [2.05, 4.69) is 24.3 Å². The lowest BCUT2D eigenvalue weighted by atomic mass is 9.86. The van der Waals surface area contributed by atoms with Crippen LogP contribution in [0.15, 0.2) is 0 Å². The highest BCUT2D eigenvalue weighted by atomic mass is 127. The predicted molar refractivity (Wildman–Crippen MR) is 75.9 cm³/mol. The second kappa shape index (κ2) is 7.61. The van der Waals surface area contributed by atoms with Gasteiger partial charge in [-0.3, -0.25) is 4.79 Å². The van der Waals surface area contributed by atoms with Crippen LogP contribution < -0.4 is 5.32 Å². The predicted octanol–water partition coefficient (Wildman–Crippen LogP) is 2.05. The zero-order valence-electron chi connectivity index (χ0n) is 10.3. The molecule has 4 heteroatoms. The molecule has 0 saturated heterocycles. The van der Waals surface area contributed by atoms with Crippen LogP contribution in [-0.2, 0) is 4.79 Å². The van der Waals surface area contributed by atoms with Crippen LogP contribution in [0.4, 0.5) is 0 Å². The summed E-state index contributed by atoms with van der Waals surface area (Å²) in [6, 6.07) is 0.734. The Hall–Kier alpha value is 0.320. The summed E-state index contributed by atoms with van der Waals surface area (Å²) in [5, 5.41) is 3.36. The minimum atomic E-state index is 0.267. The van der Waals surface area contributed by atoms with Crippen LogP contribution >= 0.6 is 22.6 Å². The van der Waals surface area contributed by atoms with E-state index >= 15 is 0 Å². The second-order valence-electron chi connectivity index (χ2n) is 4.87. The molecule has 16 heavy (non-hydrogen) atoms. The van der Waals surface area contributed by atoms with Crippen molar-refractivity contribution in [3.63, 3.8) is 0 Å². The average molecular weight is 338 g/mol. The standard InChI is InChI=1S/C12H23IN2O/c1-14-11-5-3-10(4-6-11)9-15(2)8-7-12(13)16/h10-11,14H,3-9H2,1-2H3. The van der Waals surface area contributed by atoms with Crippen LogP contribution in [0.2, 0.25) is 0 Å². The first-order chi connectivity index (χ1) is 7.61. The monoisotopic (exact) mass is 338 g/mol. The van der Waals surface area contributed by atoms with Crippen LogP contribution in [0.5, 0.6) is 0 Å². The Morgan fingerprint density at radius 3 is 2.50 bits per heavy atom. The van der Waals surface area contributed by atoms with Gasteiger partial charge in [0.15, 0.2) is 3.79 Å². The van der Waals surface area contributed by atoms with Crippen molar-refractivity contribution < 1.29 is 4.79 Å². The molecule has 1 aliphatic carbocycles. The molecule has 1 saturated carbocycles. The van der Waals surface area contributed by atoms with Gasteiger partial charge >= 0.3 is 0 Å². The molecule has 0 aromatic carbocycles. The Bertz CT molecular complexity index is 215. The maximum absolute atomic E-state index is 10.9. The number of halogens is 1. The Kier molecular flexibility index (Phi) is 6.84. The van der Waals surface area contributed by atoms with E-state index in [4.69, 9.17) is 0 Å². The summed E-state index contributed by atoms with van der Waals surface area (Å²) >= 11 is 1.88. The smallest absolute Gasteiger partial charge is 0.193 e. The normalized spacial score (nSPS) is 26.0. The van der Waals surface area contributed by atoms with Crippen molar-refractivity contribution >= 4 is 26.4 Å². The summed E-state index contributed by atoms with van der Waals surface area (Å²) in [5.74, 6) is 0.832. The summed E-state index contributed by atoms with van der Waals surface area (Å²) in [7, 11) is 4.19. The number of nitrogens with zero attached hydrogens (tertiary/aromatic N) is 1. The van der Waals surface area contributed by atoms with E-state index in [1.54, 1.807) is 0 Å². The van der Waals surface area contributed by atoms with E-state index in [1.165, 1.54) is 25.7 Å². The molecule has 94 valence electrons. The second-order valence-corrected chi connectivity index (χ2v) is 6.08. The van der Waals surface area contributed by atoms with Crippen molar-refractivity contribution in [2.75, 3.05) is 27.2 Å². The minimum Gasteiger partial charge on any atom is -0.317 e. The van der Waals surface area contributed by atoms with Gasteiger partial charge in [0.05, 0.1) is 0 Å². The highest BCUT2D eigenvalue weighted by molar-refractivity contribution is 14.1. The number of carbonyl (C=O) groups excluding carboxylic acids is 1. The van der Waals surface area contributed by atoms with Gasteiger partial charge in [0, 0.05) is 25.6 Å². The fourth-order valence-electron chi connectivity index (χ4n) is 2.44. The van der Waals surface area contributed by atoms with Gasteiger partial charge in [0.2, 0.25) is 0 Å². The maximum Gasteiger partial charge on any atom is 0.193 e. The van der Waals surface area contributed by atoms with Gasteiger partial charge in [-0.05, 0) is 68.3 Å². The molecule has 1 N–H and O–H groups in total. The third-order valence-corrected chi connectivity index (χ3v) is 4.05. The van der Waals surface area contributed by atoms with Crippen LogP contribution in [0.1, 0.15) is 32.1 Å². The number of rotatable bonds is 6. The van der Waals surface area contributed by atoms with E-state index in [0.717, 1.165) is 25.0 Å². The maximum atomic E-state index is 10.9. The lowest BCUT2D eigenvalue weighted by Crippen LogP contribution is -2.34. The molecule has 0 bridgehead atoms. The van der Waals surface area contributed by atoms with Gasteiger partial charge in [0.1, 0.15) is 0 Å². The quantitative estimate of drug-likeness (QED) is 0.594. The minimum absolute atomic E-state index is 0.267. The van der Waals surface area contributed by atoms with Crippen LogP contribution in [0, 0.1) is 5.92 Å². The van der Waals surface area contributed by atoms with Crippen molar-refractivity contribution in [3.8, 4) is 0 Å². The average Bonchev–Trinajstić information content (AvgIpc) is 2.27. The molecule has 0 atom stereocenters. The van der Waals surface area contributed by atoms with Crippen molar-refractivity contribution in [1.82, 2.24) is 10.2 Å². The van der Waals surface area contributed by atoms with Gasteiger partial charge in [0.25, 0.3) is 0 Å². The summed E-state index contributed by atoms with van der Waals surface area (Å²) in [5.41, 5.74) is 0. The Morgan fingerprint density at radius 1 is 1.38 bits per heavy atom. The van der Waals surface area contributed by atoms with Crippen LogP contribution in [0.25, 0.3) is 0 Å². The summed E-state index contributed by atoms with van der Waals surface area (Å²) in [6.45, 7) is 2.06. The SMILES string of the molecule is CNC1CCC(CN(C)CCC(=O)I)CC1. The van der Waals surface area contributed by atoms with Gasteiger partial charge < -0.3 is 10.2 Å². The zero-order valence-corrected chi connectivity index (χ0v) is 12.5. The van der Waals surface area contributed by atoms with Gasteiger partial charge in [-0.2, -0.15) is 0 Å². The fourth-order valence-corrected chi connectivity index (χ4v) is 2.69. The van der Waals surface area contributed by atoms with Gasteiger partial charge in [-0.15, -0.1) is 0 Å². The number of hydrogen-bond donors (Lipinski definition) is 1. The highest BCUT2D eigenvalue weighted by Gasteiger charge is 2.20. The first kappa shape index (κ1) is 14.4. The van der Waals surface area contributed by atoms with E-state index in [-0.39, 0.29) is 3.79 Å². The molecule has 1 aliphatic rings. The molecule has 3 nitrogen and oxygen atoms in total. The van der Waals surface area contributed by atoms with E-state index in [9.17, 15) is 4.79 Å². The Balaban J connectivity index is 2.15. The molecule has 0 radical (unpaired) electrons. The van der Waals surface area contributed by atoms with Crippen molar-refractivity contribution in [2.45, 2.75) is 38.1 Å². The van der Waals surface area contributed by atoms with Gasteiger partial charge in [-0.25, -0.2) is 0 Å². The van der Waals surface area contributed by atoms with Crippen molar-refractivity contribution in [1.29, 1.82) is 0 Å². The van der Waals surface area contributed by atoms with Crippen LogP contribution in [-0.4, -0.2) is 41.9 Å².